The van der Waals surface area contributed by atoms with E-state index in [1.807, 2.05) is 30.7 Å². The van der Waals surface area contributed by atoms with Crippen molar-refractivity contribution in [3.8, 4) is 11.5 Å². The molecule has 0 saturated carbocycles. The van der Waals surface area contributed by atoms with Gasteiger partial charge in [0.15, 0.2) is 17.5 Å². The summed E-state index contributed by atoms with van der Waals surface area (Å²) in [6, 6.07) is 14.3. The molecule has 2 heterocycles. The van der Waals surface area contributed by atoms with Gasteiger partial charge in [-0.25, -0.2) is 4.98 Å². The lowest BCUT2D eigenvalue weighted by Gasteiger charge is -2.14. The van der Waals surface area contributed by atoms with E-state index < -0.39 is 0 Å². The zero-order valence-electron chi connectivity index (χ0n) is 16.9. The van der Waals surface area contributed by atoms with Crippen molar-refractivity contribution in [3.63, 3.8) is 0 Å². The van der Waals surface area contributed by atoms with Gasteiger partial charge in [-0.2, -0.15) is 0 Å². The predicted octanol–water partition coefficient (Wildman–Crippen LogP) is 3.90. The van der Waals surface area contributed by atoms with Crippen molar-refractivity contribution in [2.45, 2.75) is 19.5 Å². The van der Waals surface area contributed by atoms with Gasteiger partial charge in [-0.1, -0.05) is 24.3 Å². The molecule has 1 aliphatic heterocycles. The minimum Gasteiger partial charge on any atom is -0.490 e. The molecule has 0 spiro atoms. The van der Waals surface area contributed by atoms with Crippen molar-refractivity contribution in [2.75, 3.05) is 25.6 Å². The molecule has 1 aromatic heterocycles. The van der Waals surface area contributed by atoms with Crippen molar-refractivity contribution >= 4 is 35.6 Å². The first-order valence-corrected chi connectivity index (χ1v) is 9.71. The quantitative estimate of drug-likeness (QED) is 0.304. The zero-order chi connectivity index (χ0) is 19.9. The first kappa shape index (κ1) is 21.9. The van der Waals surface area contributed by atoms with Crippen LogP contribution in [0.15, 0.2) is 66.2 Å². The van der Waals surface area contributed by atoms with Crippen molar-refractivity contribution in [2.24, 2.45) is 4.99 Å². The maximum atomic E-state index is 5.76. The fourth-order valence-electron chi connectivity index (χ4n) is 3.17. The van der Waals surface area contributed by atoms with Crippen molar-refractivity contribution in [1.29, 1.82) is 0 Å². The van der Waals surface area contributed by atoms with Crippen LogP contribution < -0.4 is 20.1 Å². The Morgan fingerprint density at radius 3 is 2.73 bits per heavy atom. The monoisotopic (exact) mass is 519 g/mol. The second kappa shape index (κ2) is 10.9. The van der Waals surface area contributed by atoms with Crippen LogP contribution in [0.2, 0.25) is 0 Å². The molecule has 7 nitrogen and oxygen atoms in total. The summed E-state index contributed by atoms with van der Waals surface area (Å²) >= 11 is 0. The van der Waals surface area contributed by atoms with Gasteiger partial charge in [0.05, 0.1) is 19.5 Å². The van der Waals surface area contributed by atoms with Crippen LogP contribution in [0.5, 0.6) is 11.5 Å². The molecule has 0 atom stereocenters. The second-order valence-corrected chi connectivity index (χ2v) is 6.82. The molecule has 30 heavy (non-hydrogen) atoms. The molecule has 0 saturated heterocycles. The summed E-state index contributed by atoms with van der Waals surface area (Å²) in [7, 11) is 1.76. The van der Waals surface area contributed by atoms with Gasteiger partial charge in [0.2, 0.25) is 0 Å². The maximum Gasteiger partial charge on any atom is 0.195 e. The number of aromatic nitrogens is 2. The molecule has 158 valence electrons. The number of fused-ring (bicyclic) bond motifs is 1. The number of guanidine groups is 1. The maximum absolute atomic E-state index is 5.76. The summed E-state index contributed by atoms with van der Waals surface area (Å²) in [6.07, 6.45) is 6.47. The van der Waals surface area contributed by atoms with Gasteiger partial charge in [0.25, 0.3) is 0 Å². The van der Waals surface area contributed by atoms with E-state index >= 15 is 0 Å². The van der Waals surface area contributed by atoms with Crippen molar-refractivity contribution in [1.82, 2.24) is 14.9 Å². The van der Waals surface area contributed by atoms with E-state index in [1.54, 1.807) is 13.2 Å². The molecule has 0 radical (unpaired) electrons. The van der Waals surface area contributed by atoms with Crippen molar-refractivity contribution in [3.05, 3.63) is 72.3 Å². The largest absolute Gasteiger partial charge is 0.490 e. The highest BCUT2D eigenvalue weighted by molar-refractivity contribution is 14.0. The second-order valence-electron chi connectivity index (χ2n) is 6.82. The molecule has 1 aliphatic rings. The summed E-state index contributed by atoms with van der Waals surface area (Å²) in [5.74, 6) is 2.24. The van der Waals surface area contributed by atoms with E-state index in [0.29, 0.717) is 25.7 Å². The van der Waals surface area contributed by atoms with Gasteiger partial charge in [0.1, 0.15) is 0 Å². The molecular weight excluding hydrogens is 493 g/mol. The van der Waals surface area contributed by atoms with Gasteiger partial charge >= 0.3 is 0 Å². The average Bonchev–Trinajstić information content (AvgIpc) is 3.14. The highest BCUT2D eigenvalue weighted by atomic mass is 127. The van der Waals surface area contributed by atoms with Crippen LogP contribution in [-0.4, -0.2) is 35.8 Å². The fourth-order valence-corrected chi connectivity index (χ4v) is 3.17. The van der Waals surface area contributed by atoms with Gasteiger partial charge in [-0.15, -0.1) is 24.0 Å². The third-order valence-corrected chi connectivity index (χ3v) is 4.61. The summed E-state index contributed by atoms with van der Waals surface area (Å²) in [5.41, 5.74) is 3.31. The first-order valence-electron chi connectivity index (χ1n) is 9.71. The molecule has 8 heteroatoms. The Morgan fingerprint density at radius 1 is 1.10 bits per heavy atom. The van der Waals surface area contributed by atoms with Gasteiger partial charge in [-0.05, 0) is 23.3 Å². The lowest BCUT2D eigenvalue weighted by Crippen LogP contribution is -2.30. The van der Waals surface area contributed by atoms with Gasteiger partial charge < -0.3 is 24.7 Å². The summed E-state index contributed by atoms with van der Waals surface area (Å²) in [5, 5.41) is 6.67. The molecule has 0 unspecified atom stereocenters. The molecular formula is C22H26IN5O2. The number of benzene rings is 2. The number of imidazole rings is 1. The Morgan fingerprint density at radius 2 is 1.93 bits per heavy atom. The predicted molar refractivity (Wildman–Crippen MR) is 129 cm³/mol. The number of ether oxygens (including phenoxy) is 2. The normalized spacial score (nSPS) is 13.2. The number of rotatable bonds is 5. The average molecular weight is 519 g/mol. The van der Waals surface area contributed by atoms with Crippen LogP contribution in [0.1, 0.15) is 17.5 Å². The topological polar surface area (TPSA) is 72.7 Å². The molecule has 0 fully saturated rings. The van der Waals surface area contributed by atoms with Crippen molar-refractivity contribution < 1.29 is 9.47 Å². The molecule has 0 amide bonds. The number of anilines is 1. The van der Waals surface area contributed by atoms with E-state index in [0.717, 1.165) is 30.2 Å². The summed E-state index contributed by atoms with van der Waals surface area (Å²) in [6.45, 7) is 2.82. The standard InChI is InChI=1S/C22H25N5O2.HI/c1-23-22(26-19-6-7-20-21(13-19)29-11-3-10-28-20)25-14-17-4-2-5-18(12-17)15-27-9-8-24-16-27;/h2,4-9,12-13,16H,3,10-11,14-15H2,1H3,(H2,23,25,26);1H. The van der Waals surface area contributed by atoms with E-state index in [-0.39, 0.29) is 24.0 Å². The van der Waals surface area contributed by atoms with E-state index in [1.165, 1.54) is 11.1 Å². The Balaban J connectivity index is 0.00000256. The Kier molecular flexibility index (Phi) is 7.95. The molecule has 2 aromatic carbocycles. The molecule has 2 N–H and O–H groups in total. The molecule has 0 bridgehead atoms. The SMILES string of the molecule is CN=C(NCc1cccc(Cn2ccnc2)c1)Nc1ccc2c(c1)OCCCO2.I. The highest BCUT2D eigenvalue weighted by Gasteiger charge is 2.11. The van der Waals surface area contributed by atoms with E-state index in [4.69, 9.17) is 9.47 Å². The van der Waals surface area contributed by atoms with Crippen LogP contribution in [-0.2, 0) is 13.1 Å². The fraction of sp³-hybridized carbons (Fsp3) is 0.273. The highest BCUT2D eigenvalue weighted by Crippen LogP contribution is 2.32. The Hall–Kier alpha value is -2.75. The number of nitrogens with one attached hydrogen (secondary N) is 2. The van der Waals surface area contributed by atoms with Crippen LogP contribution >= 0.6 is 24.0 Å². The van der Waals surface area contributed by atoms with E-state index in [2.05, 4.69) is 49.4 Å². The van der Waals surface area contributed by atoms with Crippen LogP contribution in [0, 0.1) is 0 Å². The number of aliphatic imine (C=N–C) groups is 1. The third-order valence-electron chi connectivity index (χ3n) is 4.61. The molecule has 0 aliphatic carbocycles. The number of nitrogens with zero attached hydrogens (tertiary/aromatic N) is 3. The third kappa shape index (κ3) is 5.88. The van der Waals surface area contributed by atoms with Crippen LogP contribution in [0.3, 0.4) is 0 Å². The lowest BCUT2D eigenvalue weighted by molar-refractivity contribution is 0.297. The van der Waals surface area contributed by atoms with Gasteiger partial charge in [0, 0.05) is 50.7 Å². The van der Waals surface area contributed by atoms with Crippen LogP contribution in [0.4, 0.5) is 5.69 Å². The lowest BCUT2D eigenvalue weighted by atomic mass is 10.1. The minimum absolute atomic E-state index is 0. The van der Waals surface area contributed by atoms with Crippen LogP contribution in [0.25, 0.3) is 0 Å². The first-order chi connectivity index (χ1) is 14.3. The number of hydrogen-bond acceptors (Lipinski definition) is 4. The molecule has 4 rings (SSSR count). The van der Waals surface area contributed by atoms with Gasteiger partial charge in [-0.3, -0.25) is 4.99 Å². The minimum atomic E-state index is 0. The summed E-state index contributed by atoms with van der Waals surface area (Å²) < 4.78 is 13.5. The van der Waals surface area contributed by atoms with E-state index in [9.17, 15) is 0 Å². The Bertz CT molecular complexity index is 975. The smallest absolute Gasteiger partial charge is 0.195 e. The summed E-state index contributed by atoms with van der Waals surface area (Å²) in [4.78, 5) is 8.42. The zero-order valence-corrected chi connectivity index (χ0v) is 19.2. The Labute approximate surface area is 193 Å². The molecule has 3 aromatic rings. The number of hydrogen-bond donors (Lipinski definition) is 2. The number of halogens is 1.